The van der Waals surface area contributed by atoms with Gasteiger partial charge in [0.05, 0.1) is 16.7 Å². The van der Waals surface area contributed by atoms with Crippen molar-refractivity contribution in [3.63, 3.8) is 0 Å². The van der Waals surface area contributed by atoms with E-state index in [0.29, 0.717) is 0 Å². The van der Waals surface area contributed by atoms with Crippen LogP contribution in [0.15, 0.2) is 237 Å². The van der Waals surface area contributed by atoms with Crippen molar-refractivity contribution >= 4 is 112 Å². The van der Waals surface area contributed by atoms with Gasteiger partial charge >= 0.3 is 0 Å². The largest absolute Gasteiger partial charge is 0.306 e. The number of rotatable bonds is 3. The van der Waals surface area contributed by atoms with Gasteiger partial charge in [-0.2, -0.15) is 0 Å². The number of para-hydroxylation sites is 3. The van der Waals surface area contributed by atoms with Crippen LogP contribution in [0.2, 0.25) is 0 Å². The second kappa shape index (κ2) is 20.0. The Morgan fingerprint density at radius 2 is 1.07 bits per heavy atom. The van der Waals surface area contributed by atoms with Gasteiger partial charge in [0.2, 0.25) is 0 Å². The van der Waals surface area contributed by atoms with Crippen molar-refractivity contribution in [2.75, 3.05) is 0 Å². The Hall–Kier alpha value is -5.94. The summed E-state index contributed by atoms with van der Waals surface area (Å²) < 4.78 is 11.4. The summed E-state index contributed by atoms with van der Waals surface area (Å²) in [5, 5.41) is 2.72. The quantitative estimate of drug-likeness (QED) is 0.177. The number of halogens is 4. The summed E-state index contributed by atoms with van der Waals surface area (Å²) in [5.74, 6) is 0.958. The number of hydrogen-bond donors (Lipinski definition) is 0. The molecule has 1 aliphatic rings. The molecule has 4 heterocycles. The summed E-state index contributed by atoms with van der Waals surface area (Å²) in [6, 6.07) is 71.3. The maximum absolute atomic E-state index is 4.84. The molecule has 9 heteroatoms. The van der Waals surface area contributed by atoms with Gasteiger partial charge in [0.1, 0.15) is 11.5 Å². The Morgan fingerprint density at radius 3 is 1.85 bits per heavy atom. The zero-order valence-electron chi connectivity index (χ0n) is 37.0. The average molecular weight is 1160 g/mol. The van der Waals surface area contributed by atoms with Crippen molar-refractivity contribution in [3.05, 3.63) is 248 Å². The first-order chi connectivity index (χ1) is 33.1. The summed E-state index contributed by atoms with van der Waals surface area (Å²) >= 11 is 15.8. The summed E-state index contributed by atoms with van der Waals surface area (Å²) in [4.78, 5) is 9.40. The van der Waals surface area contributed by atoms with E-state index in [1.165, 1.54) is 42.4 Å². The lowest BCUT2D eigenvalue weighted by molar-refractivity contribution is 0.660. The molecule has 0 atom stereocenters. The molecule has 0 amide bonds. The number of benzene rings is 8. The van der Waals surface area contributed by atoms with E-state index in [2.05, 4.69) is 239 Å². The van der Waals surface area contributed by atoms with Gasteiger partial charge in [0.15, 0.2) is 0 Å². The van der Waals surface area contributed by atoms with Crippen molar-refractivity contribution in [2.45, 2.75) is 19.3 Å². The molecule has 68 heavy (non-hydrogen) atoms. The lowest BCUT2D eigenvalue weighted by atomic mass is 9.82. The monoisotopic (exact) mass is 1150 g/mol. The van der Waals surface area contributed by atoms with Crippen molar-refractivity contribution < 1.29 is 0 Å². The van der Waals surface area contributed by atoms with Crippen LogP contribution in [-0.2, 0) is 5.41 Å². The van der Waals surface area contributed by atoms with Crippen LogP contribution in [0.1, 0.15) is 25.0 Å². The van der Waals surface area contributed by atoms with Crippen LogP contribution in [0.5, 0.6) is 0 Å². The maximum Gasteiger partial charge on any atom is 0.145 e. The fraction of sp³-hybridized carbons (Fsp3) is 0.0508. The Bertz CT molecular complexity index is 3670. The van der Waals surface area contributed by atoms with E-state index < -0.39 is 0 Å². The Kier molecular flexibility index (Phi) is 13.4. The molecule has 0 saturated carbocycles. The number of aromatic nitrogens is 4. The first kappa shape index (κ1) is 45.8. The van der Waals surface area contributed by atoms with Crippen LogP contribution in [-0.4, -0.2) is 18.9 Å². The molecule has 4 aromatic heterocycles. The van der Waals surface area contributed by atoms with Gasteiger partial charge in [-0.1, -0.05) is 193 Å². The smallest absolute Gasteiger partial charge is 0.145 e. The SMILES string of the molecule is Brc1ccc(-c2cn3ccccc3n2)cc1.Brc1ccc(-c2nc3ccccc3n2-c2ccccc2)cc1.Brc1ccc2c(c1)sc1ccccc12.CC1(C)c2ccccc2-c2ccc(Br)cc21. The molecule has 12 aromatic rings. The zero-order valence-corrected chi connectivity index (χ0v) is 44.2. The van der Waals surface area contributed by atoms with Gasteiger partial charge in [0.25, 0.3) is 0 Å². The van der Waals surface area contributed by atoms with Gasteiger partial charge in [-0.3, -0.25) is 4.57 Å². The van der Waals surface area contributed by atoms with E-state index in [9.17, 15) is 0 Å². The first-order valence-corrected chi connectivity index (χ1v) is 26.0. The first-order valence-electron chi connectivity index (χ1n) is 22.1. The highest BCUT2D eigenvalue weighted by Crippen LogP contribution is 2.49. The van der Waals surface area contributed by atoms with Crippen LogP contribution in [0.3, 0.4) is 0 Å². The molecule has 332 valence electrons. The molecule has 0 aliphatic heterocycles. The van der Waals surface area contributed by atoms with E-state index in [1.807, 2.05) is 82.7 Å². The summed E-state index contributed by atoms with van der Waals surface area (Å²) in [5.41, 5.74) is 13.2. The zero-order chi connectivity index (χ0) is 46.8. The Labute approximate surface area is 433 Å². The number of thiophene rings is 1. The third-order valence-corrected chi connectivity index (χ3v) is 15.2. The average Bonchev–Trinajstić information content (AvgIpc) is 4.13. The van der Waals surface area contributed by atoms with Crippen LogP contribution < -0.4 is 0 Å². The predicted octanol–water partition coefficient (Wildman–Crippen LogP) is 18.8. The molecule has 0 fully saturated rings. The lowest BCUT2D eigenvalue weighted by Crippen LogP contribution is -2.14. The molecule has 0 unspecified atom stereocenters. The van der Waals surface area contributed by atoms with Crippen LogP contribution in [0.4, 0.5) is 0 Å². The molecule has 8 aromatic carbocycles. The minimum absolute atomic E-state index is 0.121. The van der Waals surface area contributed by atoms with Crippen LogP contribution in [0.25, 0.3) is 76.3 Å². The molecule has 1 aliphatic carbocycles. The summed E-state index contributed by atoms with van der Waals surface area (Å²) in [6.45, 7) is 4.59. The van der Waals surface area contributed by atoms with Crippen molar-refractivity contribution in [1.82, 2.24) is 18.9 Å². The summed E-state index contributed by atoms with van der Waals surface area (Å²) in [7, 11) is 0. The van der Waals surface area contributed by atoms with Crippen molar-refractivity contribution in [2.24, 2.45) is 0 Å². The number of hydrogen-bond acceptors (Lipinski definition) is 3. The van der Waals surface area contributed by atoms with Crippen molar-refractivity contribution in [1.29, 1.82) is 0 Å². The molecule has 0 saturated heterocycles. The second-order valence-electron chi connectivity index (χ2n) is 16.8. The van der Waals surface area contributed by atoms with Crippen molar-refractivity contribution in [3.8, 4) is 39.5 Å². The third-order valence-electron chi connectivity index (χ3n) is 12.1. The van der Waals surface area contributed by atoms with E-state index in [-0.39, 0.29) is 5.41 Å². The van der Waals surface area contributed by atoms with Gasteiger partial charge < -0.3 is 4.40 Å². The number of imidazole rings is 2. The lowest BCUT2D eigenvalue weighted by Gasteiger charge is -2.21. The highest BCUT2D eigenvalue weighted by atomic mass is 79.9. The Balaban J connectivity index is 0.000000107. The molecule has 0 bridgehead atoms. The highest BCUT2D eigenvalue weighted by molar-refractivity contribution is 9.11. The molecule has 0 N–H and O–H groups in total. The number of nitrogens with zero attached hydrogens (tertiary/aromatic N) is 4. The Morgan fingerprint density at radius 1 is 0.471 bits per heavy atom. The minimum atomic E-state index is 0.121. The van der Waals surface area contributed by atoms with Crippen LogP contribution in [0, 0.1) is 0 Å². The third kappa shape index (κ3) is 9.56. The standard InChI is InChI=1S/C19H13BrN2.C15H13Br.C13H9BrN2.C12H7BrS/c20-15-12-10-14(11-13-15)19-21-17-8-4-5-9-18(17)22(19)16-6-2-1-3-7-16;1-15(2)13-6-4-3-5-11(13)12-8-7-10(16)9-14(12)15;14-11-6-4-10(5-7-11)12-9-16-8-2-1-3-13(16)15-12;13-8-5-6-10-9-3-1-2-4-11(9)14-12(10)7-8/h1-13H;3-9H,1-2H3;1-9H;1-7H. The molecule has 13 rings (SSSR count). The summed E-state index contributed by atoms with van der Waals surface area (Å²) in [6.07, 6.45) is 4.04. The molecular formula is C59H42Br4N4S. The highest BCUT2D eigenvalue weighted by Gasteiger charge is 2.34. The fourth-order valence-electron chi connectivity index (χ4n) is 8.73. The molecule has 0 radical (unpaired) electrons. The van der Waals surface area contributed by atoms with E-state index in [1.54, 1.807) is 0 Å². The van der Waals surface area contributed by atoms with E-state index in [0.717, 1.165) is 62.9 Å². The topological polar surface area (TPSA) is 35.1 Å². The maximum atomic E-state index is 4.84. The van der Waals surface area contributed by atoms with E-state index in [4.69, 9.17) is 4.98 Å². The normalized spacial score (nSPS) is 12.1. The van der Waals surface area contributed by atoms with Gasteiger partial charge in [-0.25, -0.2) is 9.97 Å². The minimum Gasteiger partial charge on any atom is -0.306 e. The molecular weight excluding hydrogens is 1120 g/mol. The fourth-order valence-corrected chi connectivity index (χ4v) is 11.3. The second-order valence-corrected chi connectivity index (χ2v) is 21.5. The number of fused-ring (bicyclic) bond motifs is 8. The van der Waals surface area contributed by atoms with Gasteiger partial charge in [-0.05, 0) is 113 Å². The predicted molar refractivity (Wildman–Crippen MR) is 301 cm³/mol. The molecule has 0 spiro atoms. The molecule has 4 nitrogen and oxygen atoms in total. The number of pyridine rings is 1. The van der Waals surface area contributed by atoms with Gasteiger partial charge in [-0.15, -0.1) is 11.3 Å². The van der Waals surface area contributed by atoms with E-state index >= 15 is 0 Å². The van der Waals surface area contributed by atoms with Crippen LogP contribution >= 0.6 is 75.1 Å². The van der Waals surface area contributed by atoms with Gasteiger partial charge in [0, 0.05) is 72.7 Å².